The van der Waals surface area contributed by atoms with Crippen LogP contribution in [0.3, 0.4) is 0 Å². The molecular formula is C24H26N2O5S. The molecule has 168 valence electrons. The standard InChI is InChI=1S/C24H26N2O5S/c1-30-20-12-15-8-10-25(14-16(15)13-21(20)31-2)24(29)19(9-11-32-3)26-22(27)17-6-4-5-7-18(17)23(26)28/h4-7,12-13,19H,8-11,14H2,1-3H3. The van der Waals surface area contributed by atoms with Crippen molar-refractivity contribution in [2.24, 2.45) is 0 Å². The van der Waals surface area contributed by atoms with E-state index < -0.39 is 17.9 Å². The molecule has 1 unspecified atom stereocenters. The van der Waals surface area contributed by atoms with Gasteiger partial charge < -0.3 is 14.4 Å². The Labute approximate surface area is 191 Å². The van der Waals surface area contributed by atoms with Crippen LogP contribution in [0.25, 0.3) is 0 Å². The molecule has 1 atom stereocenters. The SMILES string of the molecule is COc1cc2c(cc1OC)CN(C(=O)C(CCSC)N1C(=O)c3ccccc3C1=O)CC2. The van der Waals surface area contributed by atoms with Crippen LogP contribution < -0.4 is 9.47 Å². The maximum atomic E-state index is 13.6. The number of rotatable bonds is 7. The van der Waals surface area contributed by atoms with Gasteiger partial charge in [0.25, 0.3) is 11.8 Å². The number of methoxy groups -OCH3 is 2. The first-order valence-electron chi connectivity index (χ1n) is 10.5. The zero-order valence-corrected chi connectivity index (χ0v) is 19.2. The summed E-state index contributed by atoms with van der Waals surface area (Å²) in [5.74, 6) is 0.950. The minimum absolute atomic E-state index is 0.200. The number of hydrogen-bond acceptors (Lipinski definition) is 6. The highest BCUT2D eigenvalue weighted by molar-refractivity contribution is 7.98. The zero-order valence-electron chi connectivity index (χ0n) is 18.4. The predicted molar refractivity (Wildman–Crippen MR) is 122 cm³/mol. The van der Waals surface area contributed by atoms with Crippen LogP contribution in [0.15, 0.2) is 36.4 Å². The van der Waals surface area contributed by atoms with Crippen LogP contribution in [0.5, 0.6) is 11.5 Å². The quantitative estimate of drug-likeness (QED) is 0.599. The fraction of sp³-hybridized carbons (Fsp3) is 0.375. The van der Waals surface area contributed by atoms with Crippen LogP contribution in [0.1, 0.15) is 38.3 Å². The molecule has 0 radical (unpaired) electrons. The average Bonchev–Trinajstić information content (AvgIpc) is 3.08. The third-order valence-electron chi connectivity index (χ3n) is 6.05. The molecule has 2 heterocycles. The smallest absolute Gasteiger partial charge is 0.262 e. The summed E-state index contributed by atoms with van der Waals surface area (Å²) in [7, 11) is 3.18. The van der Waals surface area contributed by atoms with Crippen LogP contribution in [0, 0.1) is 0 Å². The lowest BCUT2D eigenvalue weighted by atomic mass is 9.97. The van der Waals surface area contributed by atoms with Gasteiger partial charge in [0.1, 0.15) is 6.04 Å². The summed E-state index contributed by atoms with van der Waals surface area (Å²) < 4.78 is 10.8. The molecule has 0 fully saturated rings. The predicted octanol–water partition coefficient (Wildman–Crippen LogP) is 3.01. The van der Waals surface area contributed by atoms with E-state index in [-0.39, 0.29) is 5.91 Å². The lowest BCUT2D eigenvalue weighted by Gasteiger charge is -2.34. The van der Waals surface area contributed by atoms with E-state index in [1.807, 2.05) is 18.4 Å². The highest BCUT2D eigenvalue weighted by atomic mass is 32.2. The van der Waals surface area contributed by atoms with Crippen molar-refractivity contribution in [1.82, 2.24) is 9.80 Å². The normalized spacial score (nSPS) is 16.0. The number of benzene rings is 2. The summed E-state index contributed by atoms with van der Waals surface area (Å²) in [6.07, 6.45) is 3.03. The van der Waals surface area contributed by atoms with Crippen molar-refractivity contribution in [3.8, 4) is 11.5 Å². The molecule has 0 aromatic heterocycles. The molecular weight excluding hydrogens is 428 g/mol. The van der Waals surface area contributed by atoms with Crippen molar-refractivity contribution >= 4 is 29.5 Å². The van der Waals surface area contributed by atoms with Gasteiger partial charge in [-0.2, -0.15) is 11.8 Å². The molecule has 2 aromatic rings. The Morgan fingerprint density at radius 1 is 1.03 bits per heavy atom. The number of amides is 3. The van der Waals surface area contributed by atoms with Gasteiger partial charge in [-0.05, 0) is 60.2 Å². The fourth-order valence-corrected chi connectivity index (χ4v) is 4.82. The van der Waals surface area contributed by atoms with Crippen molar-refractivity contribution in [3.63, 3.8) is 0 Å². The Bertz CT molecular complexity index is 1040. The lowest BCUT2D eigenvalue weighted by molar-refractivity contribution is -0.136. The van der Waals surface area contributed by atoms with Crippen LogP contribution in [0.4, 0.5) is 0 Å². The molecule has 32 heavy (non-hydrogen) atoms. The van der Waals surface area contributed by atoms with Crippen molar-refractivity contribution in [3.05, 3.63) is 58.7 Å². The molecule has 0 saturated heterocycles. The van der Waals surface area contributed by atoms with Crippen LogP contribution >= 0.6 is 11.8 Å². The number of hydrogen-bond donors (Lipinski definition) is 0. The Balaban J connectivity index is 1.61. The van der Waals surface area contributed by atoms with E-state index in [9.17, 15) is 14.4 Å². The first-order valence-corrected chi connectivity index (χ1v) is 11.9. The Kier molecular flexibility index (Phi) is 6.41. The average molecular weight is 455 g/mol. The van der Waals surface area contributed by atoms with Crippen molar-refractivity contribution in [2.75, 3.05) is 32.8 Å². The molecule has 8 heteroatoms. The van der Waals surface area contributed by atoms with Crippen LogP contribution in [-0.2, 0) is 17.8 Å². The third-order valence-corrected chi connectivity index (χ3v) is 6.69. The van der Waals surface area contributed by atoms with E-state index in [4.69, 9.17) is 9.47 Å². The number of ether oxygens (including phenoxy) is 2. The lowest BCUT2D eigenvalue weighted by Crippen LogP contribution is -2.52. The topological polar surface area (TPSA) is 76.2 Å². The first kappa shape index (κ1) is 22.2. The van der Waals surface area contributed by atoms with E-state index in [1.54, 1.807) is 55.1 Å². The van der Waals surface area contributed by atoms with Gasteiger partial charge in [-0.25, -0.2) is 0 Å². The fourth-order valence-electron chi connectivity index (χ4n) is 4.37. The minimum Gasteiger partial charge on any atom is -0.493 e. The second-order valence-electron chi connectivity index (χ2n) is 7.81. The molecule has 2 aliphatic heterocycles. The van der Waals surface area contributed by atoms with E-state index in [0.717, 1.165) is 16.0 Å². The second-order valence-corrected chi connectivity index (χ2v) is 8.79. The second kappa shape index (κ2) is 9.24. The minimum atomic E-state index is -0.823. The molecule has 0 aliphatic carbocycles. The highest BCUT2D eigenvalue weighted by Gasteiger charge is 2.43. The number of imide groups is 1. The number of carbonyl (C=O) groups excluding carboxylic acids is 3. The molecule has 2 aliphatic rings. The summed E-state index contributed by atoms with van der Waals surface area (Å²) in [6.45, 7) is 0.910. The van der Waals surface area contributed by atoms with E-state index >= 15 is 0 Å². The number of thioether (sulfide) groups is 1. The van der Waals surface area contributed by atoms with Gasteiger partial charge in [0.15, 0.2) is 11.5 Å². The molecule has 0 bridgehead atoms. The van der Waals surface area contributed by atoms with Gasteiger partial charge >= 0.3 is 0 Å². The van der Waals surface area contributed by atoms with Gasteiger partial charge in [0.05, 0.1) is 25.3 Å². The summed E-state index contributed by atoms with van der Waals surface area (Å²) in [5, 5.41) is 0. The Hall–Kier alpha value is -3.00. The zero-order chi connectivity index (χ0) is 22.8. The van der Waals surface area contributed by atoms with Crippen molar-refractivity contribution in [1.29, 1.82) is 0 Å². The van der Waals surface area contributed by atoms with Crippen LogP contribution in [0.2, 0.25) is 0 Å². The largest absolute Gasteiger partial charge is 0.493 e. The maximum Gasteiger partial charge on any atom is 0.262 e. The Morgan fingerprint density at radius 3 is 2.19 bits per heavy atom. The van der Waals surface area contributed by atoms with Gasteiger partial charge in [-0.1, -0.05) is 12.1 Å². The van der Waals surface area contributed by atoms with E-state index in [1.165, 1.54) is 0 Å². The van der Waals surface area contributed by atoms with Crippen LogP contribution in [-0.4, -0.2) is 66.3 Å². The molecule has 3 amide bonds. The summed E-state index contributed by atoms with van der Waals surface area (Å²) in [4.78, 5) is 42.6. The van der Waals surface area contributed by atoms with Gasteiger partial charge in [0.2, 0.25) is 5.91 Å². The van der Waals surface area contributed by atoms with E-state index in [0.29, 0.717) is 54.3 Å². The Morgan fingerprint density at radius 2 is 1.62 bits per heavy atom. The summed E-state index contributed by atoms with van der Waals surface area (Å²) >= 11 is 1.59. The van der Waals surface area contributed by atoms with Gasteiger partial charge in [-0.15, -0.1) is 0 Å². The van der Waals surface area contributed by atoms with Crippen molar-refractivity contribution in [2.45, 2.75) is 25.4 Å². The summed E-state index contributed by atoms with van der Waals surface area (Å²) in [5.41, 5.74) is 2.81. The van der Waals surface area contributed by atoms with Gasteiger partial charge in [-0.3, -0.25) is 19.3 Å². The highest BCUT2D eigenvalue weighted by Crippen LogP contribution is 2.34. The molecule has 0 N–H and O–H groups in total. The third kappa shape index (κ3) is 3.83. The van der Waals surface area contributed by atoms with Gasteiger partial charge in [0, 0.05) is 13.1 Å². The molecule has 0 spiro atoms. The number of carbonyl (C=O) groups is 3. The molecule has 2 aromatic carbocycles. The monoisotopic (exact) mass is 454 g/mol. The molecule has 0 saturated carbocycles. The first-order chi connectivity index (χ1) is 15.5. The van der Waals surface area contributed by atoms with E-state index in [2.05, 4.69) is 0 Å². The number of fused-ring (bicyclic) bond motifs is 2. The van der Waals surface area contributed by atoms with Crippen molar-refractivity contribution < 1.29 is 23.9 Å². The molecule has 4 rings (SSSR count). The molecule has 7 nitrogen and oxygen atoms in total. The summed E-state index contributed by atoms with van der Waals surface area (Å²) in [6, 6.07) is 9.77. The maximum absolute atomic E-state index is 13.6. The number of nitrogens with zero attached hydrogens (tertiary/aromatic N) is 2.